The summed E-state index contributed by atoms with van der Waals surface area (Å²) < 4.78 is 373. The molecule has 0 fully saturated rings. The first kappa shape index (κ1) is 60.2. The zero-order valence-corrected chi connectivity index (χ0v) is 29.2. The molecule has 0 spiro atoms. The lowest BCUT2D eigenvalue weighted by Crippen LogP contribution is -2.47. The lowest BCUT2D eigenvalue weighted by atomic mass is 9.97. The maximum absolute atomic E-state index is 12.9. The summed E-state index contributed by atoms with van der Waals surface area (Å²) in [5.74, 6) is -55.8. The van der Waals surface area contributed by atoms with E-state index < -0.39 is 155 Å². The third-order valence-corrected chi connectivity index (χ3v) is 7.51. The standard InChI is InChI=1S/C10H11F11.C10H12F10.C8H9F9/c1-2-6(11,12)7(13,14)3-4-8(15,16)9(17,18)5-10(19,20)21;1-2-7(13,14)8(15,16)3-4-9(17,18)10(19,20)5-6(11)12;1-2-5(9,10)6(11,12)3-4-7(13,14)8(15,16)17/h2-5H2,1H3;6H,2-5H2,1H3;2-4H2,1H3. The maximum atomic E-state index is 12.9. The zero-order chi connectivity index (χ0) is 47.9. The van der Waals surface area contributed by atoms with Crippen molar-refractivity contribution in [2.75, 3.05) is 0 Å². The first-order valence-electron chi connectivity index (χ1n) is 15.5. The smallest absolute Gasteiger partial charge is 0.210 e. The highest BCUT2D eigenvalue weighted by Crippen LogP contribution is 2.50. The summed E-state index contributed by atoms with van der Waals surface area (Å²) in [6, 6.07) is 0. The molecule has 0 bridgehead atoms. The Kier molecular flexibility index (Phi) is 20.5. The van der Waals surface area contributed by atoms with E-state index in [1.54, 1.807) is 0 Å². The van der Waals surface area contributed by atoms with Crippen LogP contribution in [-0.4, -0.2) is 83.9 Å². The molecule has 0 aliphatic heterocycles. The summed E-state index contributed by atoms with van der Waals surface area (Å²) in [7, 11) is 0. The van der Waals surface area contributed by atoms with E-state index in [1.165, 1.54) is 0 Å². The molecule has 30 heteroatoms. The summed E-state index contributed by atoms with van der Waals surface area (Å²) >= 11 is 0. The number of halogens is 30. The summed E-state index contributed by atoms with van der Waals surface area (Å²) in [6.45, 7) is 1.96. The molecule has 0 aromatic carbocycles. The molecule has 354 valence electrons. The summed E-state index contributed by atoms with van der Waals surface area (Å²) in [4.78, 5) is 0. The van der Waals surface area contributed by atoms with Gasteiger partial charge in [-0.15, -0.1) is 0 Å². The second-order valence-electron chi connectivity index (χ2n) is 12.2. The van der Waals surface area contributed by atoms with Gasteiger partial charge in [0.15, 0.2) is 0 Å². The average Bonchev–Trinajstić information content (AvgIpc) is 3.00. The summed E-state index contributed by atoms with van der Waals surface area (Å²) in [5, 5.41) is 0. The predicted molar refractivity (Wildman–Crippen MR) is 140 cm³/mol. The van der Waals surface area contributed by atoms with Crippen LogP contribution in [0.25, 0.3) is 0 Å². The van der Waals surface area contributed by atoms with Gasteiger partial charge in [-0.1, -0.05) is 20.8 Å². The van der Waals surface area contributed by atoms with Crippen molar-refractivity contribution in [1.29, 1.82) is 0 Å². The molecule has 0 N–H and O–H groups in total. The third-order valence-electron chi connectivity index (χ3n) is 7.51. The van der Waals surface area contributed by atoms with Crippen molar-refractivity contribution in [2.45, 2.75) is 175 Å². The second-order valence-corrected chi connectivity index (χ2v) is 12.2. The molecular weight excluding hydrogens is 906 g/mol. The molecule has 0 saturated heterocycles. The molecule has 0 aromatic rings. The molecule has 0 aliphatic rings. The number of alkyl halides is 30. The van der Waals surface area contributed by atoms with Crippen LogP contribution in [0.5, 0.6) is 0 Å². The van der Waals surface area contributed by atoms with Crippen LogP contribution in [0.15, 0.2) is 0 Å². The fourth-order valence-electron chi connectivity index (χ4n) is 3.50. The molecule has 0 rings (SSSR count). The van der Waals surface area contributed by atoms with Crippen LogP contribution in [0.3, 0.4) is 0 Å². The van der Waals surface area contributed by atoms with Gasteiger partial charge in [0, 0.05) is 57.8 Å². The van der Waals surface area contributed by atoms with Gasteiger partial charge in [0.1, 0.15) is 6.42 Å². The van der Waals surface area contributed by atoms with E-state index in [-0.39, 0.29) is 0 Å². The van der Waals surface area contributed by atoms with Crippen molar-refractivity contribution >= 4 is 0 Å². The van der Waals surface area contributed by atoms with Gasteiger partial charge in [-0.3, -0.25) is 0 Å². The van der Waals surface area contributed by atoms with Crippen molar-refractivity contribution in [1.82, 2.24) is 0 Å². The molecule has 0 atom stereocenters. The fourth-order valence-corrected chi connectivity index (χ4v) is 3.50. The van der Waals surface area contributed by atoms with Crippen LogP contribution in [0.1, 0.15) is 91.4 Å². The Bertz CT molecular complexity index is 1190. The minimum atomic E-state index is -6.02. The first-order chi connectivity index (χ1) is 24.9. The van der Waals surface area contributed by atoms with Crippen LogP contribution in [0.2, 0.25) is 0 Å². The number of rotatable bonds is 20. The number of hydrogen-bond donors (Lipinski definition) is 0. The van der Waals surface area contributed by atoms with E-state index in [1.807, 2.05) is 0 Å². The summed E-state index contributed by atoms with van der Waals surface area (Å²) in [6.07, 6.45) is -39.4. The van der Waals surface area contributed by atoms with Crippen molar-refractivity contribution in [2.24, 2.45) is 0 Å². The van der Waals surface area contributed by atoms with Gasteiger partial charge < -0.3 is 0 Å². The Balaban J connectivity index is -0.000000787. The van der Waals surface area contributed by atoms with E-state index in [0.29, 0.717) is 20.8 Å². The number of hydrogen-bond acceptors (Lipinski definition) is 0. The van der Waals surface area contributed by atoms with E-state index in [0.717, 1.165) is 0 Å². The molecule has 0 aliphatic carbocycles. The van der Waals surface area contributed by atoms with Crippen molar-refractivity contribution in [3.05, 3.63) is 0 Å². The molecule has 0 radical (unpaired) electrons. The van der Waals surface area contributed by atoms with Gasteiger partial charge in [-0.2, -0.15) is 123 Å². The van der Waals surface area contributed by atoms with Crippen molar-refractivity contribution < 1.29 is 132 Å². The zero-order valence-electron chi connectivity index (χ0n) is 29.2. The van der Waals surface area contributed by atoms with Gasteiger partial charge in [0.05, 0.1) is 6.42 Å². The van der Waals surface area contributed by atoms with Crippen molar-refractivity contribution in [3.63, 3.8) is 0 Å². The Morgan fingerprint density at radius 2 is 0.483 bits per heavy atom. The monoisotopic (exact) mass is 938 g/mol. The highest BCUT2D eigenvalue weighted by Gasteiger charge is 2.65. The van der Waals surface area contributed by atoms with Gasteiger partial charge in [0.25, 0.3) is 0 Å². The Morgan fingerprint density at radius 1 is 0.276 bits per heavy atom. The summed E-state index contributed by atoms with van der Waals surface area (Å²) in [5.41, 5.74) is 0. The van der Waals surface area contributed by atoms with E-state index in [2.05, 4.69) is 0 Å². The van der Waals surface area contributed by atoms with Crippen LogP contribution in [0, 0.1) is 0 Å². The molecule has 0 aromatic heterocycles. The Morgan fingerprint density at radius 3 is 0.672 bits per heavy atom. The van der Waals surface area contributed by atoms with Gasteiger partial charge in [-0.05, 0) is 0 Å². The van der Waals surface area contributed by atoms with Gasteiger partial charge in [0.2, 0.25) is 6.43 Å². The topological polar surface area (TPSA) is 0 Å². The normalized spacial score (nSPS) is 15.2. The SMILES string of the molecule is CCC(F)(F)C(F)(F)CCC(F)(F)C(F)(F)CC(F)(F)F.CCC(F)(F)C(F)(F)CCC(F)(F)C(F)(F)CC(F)F.CCC(F)(F)C(F)(F)CCC(F)(F)C(F)(F)F. The Hall–Kier alpha value is -2.10. The minimum absolute atomic E-state index is 0.615. The van der Waals surface area contributed by atoms with E-state index in [9.17, 15) is 132 Å². The second kappa shape index (κ2) is 19.7. The van der Waals surface area contributed by atoms with Crippen molar-refractivity contribution in [3.8, 4) is 0 Å². The predicted octanol–water partition coefficient (Wildman–Crippen LogP) is 15.7. The molecule has 0 amide bonds. The lowest BCUT2D eigenvalue weighted by Gasteiger charge is -2.30. The molecule has 0 unspecified atom stereocenters. The third kappa shape index (κ3) is 17.5. The molecule has 58 heavy (non-hydrogen) atoms. The quantitative estimate of drug-likeness (QED) is 0.107. The highest BCUT2D eigenvalue weighted by atomic mass is 19.4. The van der Waals surface area contributed by atoms with Crippen LogP contribution in [-0.2, 0) is 0 Å². The highest BCUT2D eigenvalue weighted by molar-refractivity contribution is 4.93. The van der Waals surface area contributed by atoms with E-state index in [4.69, 9.17) is 0 Å². The molecule has 0 saturated carbocycles. The fraction of sp³-hybridized carbons (Fsp3) is 1.00. The largest absolute Gasteiger partial charge is 0.453 e. The lowest BCUT2D eigenvalue weighted by molar-refractivity contribution is -0.293. The van der Waals surface area contributed by atoms with Crippen LogP contribution < -0.4 is 0 Å². The maximum Gasteiger partial charge on any atom is 0.453 e. The van der Waals surface area contributed by atoms with E-state index >= 15 is 0 Å². The van der Waals surface area contributed by atoms with Gasteiger partial charge in [-0.25, -0.2) is 8.78 Å². The molecule has 0 nitrogen and oxygen atoms in total. The molecular formula is C28H32F30. The Labute approximate surface area is 308 Å². The molecule has 0 heterocycles. The first-order valence-corrected chi connectivity index (χ1v) is 15.5. The minimum Gasteiger partial charge on any atom is -0.210 e. The van der Waals surface area contributed by atoms with Crippen LogP contribution in [0.4, 0.5) is 132 Å². The van der Waals surface area contributed by atoms with Gasteiger partial charge >= 0.3 is 77.5 Å². The average molecular weight is 939 g/mol. The van der Waals surface area contributed by atoms with Crippen LogP contribution >= 0.6 is 0 Å².